The van der Waals surface area contributed by atoms with E-state index < -0.39 is 31.1 Å². The number of ether oxygens (including phenoxy) is 1. The third-order valence-corrected chi connectivity index (χ3v) is 3.63. The van der Waals surface area contributed by atoms with E-state index in [1.807, 2.05) is 0 Å². The molecule has 11 heteroatoms. The Bertz CT molecular complexity index is 694. The van der Waals surface area contributed by atoms with Gasteiger partial charge >= 0.3 is 0 Å². The normalized spacial score (nSPS) is 27.7. The van der Waals surface area contributed by atoms with Crippen molar-refractivity contribution in [2.75, 3.05) is 30.8 Å². The van der Waals surface area contributed by atoms with Gasteiger partial charge < -0.3 is 36.2 Å². The molecule has 0 amide bonds. The Morgan fingerprint density at radius 2 is 2.04 bits per heavy atom. The van der Waals surface area contributed by atoms with Crippen molar-refractivity contribution < 1.29 is 25.2 Å². The molecule has 0 radical (unpaired) electrons. The summed E-state index contributed by atoms with van der Waals surface area (Å²) in [6.07, 6.45) is -2.97. The van der Waals surface area contributed by atoms with Gasteiger partial charge in [-0.25, -0.2) is 4.98 Å². The molecule has 126 valence electrons. The van der Waals surface area contributed by atoms with E-state index in [-0.39, 0.29) is 19.1 Å². The summed E-state index contributed by atoms with van der Waals surface area (Å²) in [5, 5.41) is 40.9. The van der Waals surface area contributed by atoms with E-state index in [0.29, 0.717) is 17.0 Å². The summed E-state index contributed by atoms with van der Waals surface area (Å²) in [5.41, 5.74) is 6.36. The molecule has 1 unspecified atom stereocenters. The highest BCUT2D eigenvalue weighted by Gasteiger charge is 2.44. The molecular weight excluding hydrogens is 308 g/mol. The fourth-order valence-corrected chi connectivity index (χ4v) is 2.53. The third-order valence-electron chi connectivity index (χ3n) is 3.63. The number of nitrogens with zero attached hydrogens (tertiary/aromatic N) is 4. The van der Waals surface area contributed by atoms with Gasteiger partial charge in [-0.2, -0.15) is 9.97 Å². The first kappa shape index (κ1) is 15.8. The molecule has 4 atom stereocenters. The minimum Gasteiger partial charge on any atom is -0.395 e. The summed E-state index contributed by atoms with van der Waals surface area (Å²) in [6.45, 7) is -0.269. The fourth-order valence-electron chi connectivity index (χ4n) is 2.53. The molecule has 1 saturated heterocycles. The topological polar surface area (TPSA) is 172 Å². The maximum Gasteiger partial charge on any atom is 0.224 e. The van der Waals surface area contributed by atoms with Crippen LogP contribution in [0.25, 0.3) is 11.2 Å². The van der Waals surface area contributed by atoms with E-state index in [2.05, 4.69) is 20.3 Å². The van der Waals surface area contributed by atoms with Crippen LogP contribution in [0.3, 0.4) is 0 Å². The minimum absolute atomic E-state index is 0.0218. The van der Waals surface area contributed by atoms with Crippen LogP contribution in [0.2, 0.25) is 0 Å². The average Bonchev–Trinajstić information content (AvgIpc) is 3.07. The molecule has 1 aliphatic heterocycles. The van der Waals surface area contributed by atoms with Gasteiger partial charge in [-0.05, 0) is 0 Å². The lowest BCUT2D eigenvalue weighted by Gasteiger charge is -2.16. The molecule has 1 aliphatic rings. The monoisotopic (exact) mass is 326 g/mol. The molecule has 7 N–H and O–H groups in total. The highest BCUT2D eigenvalue weighted by Crippen LogP contribution is 2.32. The number of rotatable bonds is 5. The molecule has 23 heavy (non-hydrogen) atoms. The summed E-state index contributed by atoms with van der Waals surface area (Å²) >= 11 is 0. The van der Waals surface area contributed by atoms with E-state index in [9.17, 15) is 10.2 Å². The highest BCUT2D eigenvalue weighted by molar-refractivity contribution is 5.84. The predicted octanol–water partition coefficient (Wildman–Crippen LogP) is -2.58. The lowest BCUT2D eigenvalue weighted by Crippen LogP contribution is -2.33. The van der Waals surface area contributed by atoms with Crippen LogP contribution in [-0.2, 0) is 4.74 Å². The molecule has 3 rings (SSSR count). The van der Waals surface area contributed by atoms with Gasteiger partial charge in [-0.15, -0.1) is 0 Å². The van der Waals surface area contributed by atoms with Gasteiger partial charge in [-0.1, -0.05) is 0 Å². The lowest BCUT2D eigenvalue weighted by molar-refractivity contribution is -0.0511. The maximum absolute atomic E-state index is 10.1. The Kier molecular flexibility index (Phi) is 4.28. The predicted molar refractivity (Wildman–Crippen MR) is 78.3 cm³/mol. The summed E-state index contributed by atoms with van der Waals surface area (Å²) in [6, 6.07) is 0. The van der Waals surface area contributed by atoms with Crippen molar-refractivity contribution in [2.24, 2.45) is 0 Å². The molecule has 0 aromatic carbocycles. The number of fused-ring (bicyclic) bond motifs is 1. The molecule has 0 bridgehead atoms. The van der Waals surface area contributed by atoms with Crippen molar-refractivity contribution in [1.29, 1.82) is 0 Å². The van der Waals surface area contributed by atoms with Crippen molar-refractivity contribution >= 4 is 22.9 Å². The van der Waals surface area contributed by atoms with Crippen LogP contribution in [0.4, 0.5) is 11.8 Å². The largest absolute Gasteiger partial charge is 0.395 e. The van der Waals surface area contributed by atoms with Gasteiger partial charge in [0.15, 0.2) is 23.2 Å². The minimum atomic E-state index is -1.26. The number of nitrogens with two attached hydrogens (primary N) is 1. The average molecular weight is 326 g/mol. The zero-order valence-electron chi connectivity index (χ0n) is 12.1. The number of imidazole rings is 1. The van der Waals surface area contributed by atoms with E-state index in [4.69, 9.17) is 20.7 Å². The SMILES string of the molecule is Nc1nc(NCCO)c2ncn(C3O[C@H](CO)[C@@H](O)[C@H]3O)c2n1. The number of nitrogen functional groups attached to an aromatic ring is 1. The Morgan fingerprint density at radius 3 is 2.70 bits per heavy atom. The molecule has 0 aliphatic carbocycles. The van der Waals surface area contributed by atoms with E-state index >= 15 is 0 Å². The molecule has 0 saturated carbocycles. The van der Waals surface area contributed by atoms with Gasteiger partial charge in [0, 0.05) is 6.54 Å². The fraction of sp³-hybridized carbons (Fsp3) is 0.583. The Balaban J connectivity index is 2.01. The first-order valence-corrected chi connectivity index (χ1v) is 7.04. The van der Waals surface area contributed by atoms with Crippen molar-refractivity contribution in [3.63, 3.8) is 0 Å². The molecular formula is C12H18N6O5. The molecule has 3 heterocycles. The van der Waals surface area contributed by atoms with Crippen LogP contribution in [0.15, 0.2) is 6.33 Å². The lowest BCUT2D eigenvalue weighted by atomic mass is 10.1. The standard InChI is InChI=1S/C12H18N6O5/c13-12-16-9(14-1-2-19)6-10(17-12)18(4-15-6)11-8(22)7(21)5(3-20)23-11/h4-5,7-8,11,19-22H,1-3H2,(H3,13,14,16,17)/t5-,7-,8-,11?/m1/s1. The summed E-state index contributed by atoms with van der Waals surface area (Å²) < 4.78 is 6.88. The number of nitrogens with one attached hydrogen (secondary N) is 1. The Morgan fingerprint density at radius 1 is 1.26 bits per heavy atom. The van der Waals surface area contributed by atoms with Gasteiger partial charge in [0.2, 0.25) is 5.95 Å². The Labute approximate surface area is 130 Å². The van der Waals surface area contributed by atoms with Crippen molar-refractivity contribution in [2.45, 2.75) is 24.5 Å². The van der Waals surface area contributed by atoms with Gasteiger partial charge in [0.05, 0.1) is 19.5 Å². The molecule has 2 aromatic heterocycles. The van der Waals surface area contributed by atoms with Gasteiger partial charge in [0.25, 0.3) is 0 Å². The number of anilines is 2. The number of aliphatic hydroxyl groups is 4. The quantitative estimate of drug-likeness (QED) is 0.343. The zero-order valence-corrected chi connectivity index (χ0v) is 12.1. The first-order chi connectivity index (χ1) is 11.1. The van der Waals surface area contributed by atoms with Crippen molar-refractivity contribution in [1.82, 2.24) is 19.5 Å². The second-order valence-electron chi connectivity index (χ2n) is 5.13. The number of hydrogen-bond donors (Lipinski definition) is 6. The van der Waals surface area contributed by atoms with E-state index in [1.165, 1.54) is 10.9 Å². The van der Waals surface area contributed by atoms with Crippen LogP contribution < -0.4 is 11.1 Å². The van der Waals surface area contributed by atoms with Crippen LogP contribution in [0, 0.1) is 0 Å². The second-order valence-corrected chi connectivity index (χ2v) is 5.13. The number of hydrogen-bond acceptors (Lipinski definition) is 10. The van der Waals surface area contributed by atoms with E-state index in [0.717, 1.165) is 0 Å². The van der Waals surface area contributed by atoms with Gasteiger partial charge in [0.1, 0.15) is 18.3 Å². The highest BCUT2D eigenvalue weighted by atomic mass is 16.6. The second kappa shape index (κ2) is 6.22. The van der Waals surface area contributed by atoms with Crippen LogP contribution in [0.1, 0.15) is 6.23 Å². The molecule has 0 spiro atoms. The van der Waals surface area contributed by atoms with Crippen molar-refractivity contribution in [3.8, 4) is 0 Å². The smallest absolute Gasteiger partial charge is 0.224 e. The number of aliphatic hydroxyl groups excluding tert-OH is 4. The van der Waals surface area contributed by atoms with Crippen LogP contribution in [0.5, 0.6) is 0 Å². The summed E-state index contributed by atoms with van der Waals surface area (Å²) in [4.78, 5) is 12.3. The zero-order chi connectivity index (χ0) is 16.6. The Hall–Kier alpha value is -2.05. The first-order valence-electron chi connectivity index (χ1n) is 7.04. The third kappa shape index (κ3) is 2.68. The molecule has 11 nitrogen and oxygen atoms in total. The summed E-state index contributed by atoms with van der Waals surface area (Å²) in [7, 11) is 0. The molecule has 2 aromatic rings. The van der Waals surface area contributed by atoms with Crippen molar-refractivity contribution in [3.05, 3.63) is 6.33 Å². The van der Waals surface area contributed by atoms with Crippen LogP contribution in [-0.4, -0.2) is 78.0 Å². The summed E-state index contributed by atoms with van der Waals surface area (Å²) in [5.74, 6) is 0.318. The maximum atomic E-state index is 10.1. The van der Waals surface area contributed by atoms with Crippen LogP contribution >= 0.6 is 0 Å². The number of aromatic nitrogens is 4. The van der Waals surface area contributed by atoms with E-state index in [1.54, 1.807) is 0 Å². The molecule has 1 fully saturated rings. The van der Waals surface area contributed by atoms with Gasteiger partial charge in [-0.3, -0.25) is 4.57 Å².